The van der Waals surface area contributed by atoms with Gasteiger partial charge in [0.25, 0.3) is 0 Å². The van der Waals surface area contributed by atoms with Gasteiger partial charge >= 0.3 is 5.97 Å². The number of fused-ring (bicyclic) bond motifs is 3. The number of carboxylic acids is 1. The summed E-state index contributed by atoms with van der Waals surface area (Å²) in [5.74, 6) is -0.348. The predicted molar refractivity (Wildman–Crippen MR) is 95.0 cm³/mol. The molecular weight excluding hydrogens is 302 g/mol. The van der Waals surface area contributed by atoms with Crippen LogP contribution in [0, 0.1) is 6.92 Å². The zero-order valence-corrected chi connectivity index (χ0v) is 13.0. The van der Waals surface area contributed by atoms with Crippen LogP contribution in [0.15, 0.2) is 54.7 Å². The molecule has 0 spiro atoms. The Labute approximate surface area is 138 Å². The highest BCUT2D eigenvalue weighted by atomic mass is 16.4. The van der Waals surface area contributed by atoms with E-state index in [9.17, 15) is 9.90 Å². The third-order valence-corrected chi connectivity index (χ3v) is 4.07. The van der Waals surface area contributed by atoms with Crippen LogP contribution in [0.5, 0.6) is 0 Å². The van der Waals surface area contributed by atoms with Crippen molar-refractivity contribution in [1.29, 1.82) is 0 Å². The first kappa shape index (κ1) is 14.3. The second kappa shape index (κ2) is 5.38. The third-order valence-electron chi connectivity index (χ3n) is 4.07. The molecule has 5 nitrogen and oxygen atoms in total. The minimum Gasteiger partial charge on any atom is -0.478 e. The quantitative estimate of drug-likeness (QED) is 0.521. The van der Waals surface area contributed by atoms with E-state index in [1.807, 2.05) is 55.5 Å². The number of aromatic nitrogens is 2. The van der Waals surface area contributed by atoms with Crippen LogP contribution in [-0.2, 0) is 0 Å². The van der Waals surface area contributed by atoms with E-state index in [0.717, 1.165) is 16.6 Å². The van der Waals surface area contributed by atoms with Crippen LogP contribution >= 0.6 is 0 Å². The summed E-state index contributed by atoms with van der Waals surface area (Å²) >= 11 is 0. The zero-order valence-electron chi connectivity index (χ0n) is 13.0. The lowest BCUT2D eigenvalue weighted by Gasteiger charge is -2.10. The minimum atomic E-state index is -0.959. The first-order chi connectivity index (χ1) is 11.6. The molecule has 3 N–H and O–H groups in total. The number of anilines is 2. The van der Waals surface area contributed by atoms with Gasteiger partial charge in [-0.15, -0.1) is 0 Å². The first-order valence-electron chi connectivity index (χ1n) is 7.60. The number of para-hydroxylation sites is 1. The maximum Gasteiger partial charge on any atom is 0.337 e. The van der Waals surface area contributed by atoms with E-state index < -0.39 is 5.97 Å². The van der Waals surface area contributed by atoms with Gasteiger partial charge in [-0.3, -0.25) is 0 Å². The number of pyridine rings is 1. The van der Waals surface area contributed by atoms with E-state index in [0.29, 0.717) is 16.7 Å². The summed E-state index contributed by atoms with van der Waals surface area (Å²) in [6.07, 6.45) is 1.52. The largest absolute Gasteiger partial charge is 0.478 e. The fourth-order valence-electron chi connectivity index (χ4n) is 2.88. The van der Waals surface area contributed by atoms with Crippen LogP contribution < -0.4 is 5.32 Å². The molecule has 24 heavy (non-hydrogen) atoms. The van der Waals surface area contributed by atoms with Gasteiger partial charge in [-0.25, -0.2) is 9.78 Å². The normalized spacial score (nSPS) is 11.0. The summed E-state index contributed by atoms with van der Waals surface area (Å²) in [5, 5.41) is 14.3. The number of H-pyrrole nitrogens is 1. The van der Waals surface area contributed by atoms with E-state index >= 15 is 0 Å². The van der Waals surface area contributed by atoms with Crippen molar-refractivity contribution in [2.75, 3.05) is 5.32 Å². The lowest BCUT2D eigenvalue weighted by atomic mass is 10.1. The van der Waals surface area contributed by atoms with E-state index in [1.165, 1.54) is 11.8 Å². The van der Waals surface area contributed by atoms with E-state index in [4.69, 9.17) is 0 Å². The minimum absolute atomic E-state index is 0.246. The van der Waals surface area contributed by atoms with Crippen molar-refractivity contribution in [1.82, 2.24) is 9.97 Å². The summed E-state index contributed by atoms with van der Waals surface area (Å²) in [6, 6.07) is 15.5. The highest BCUT2D eigenvalue weighted by Gasteiger charge is 2.17. The Morgan fingerprint density at radius 3 is 2.62 bits per heavy atom. The Bertz CT molecular complexity index is 1070. The van der Waals surface area contributed by atoms with Gasteiger partial charge in [-0.05, 0) is 25.1 Å². The van der Waals surface area contributed by atoms with Gasteiger partial charge in [-0.1, -0.05) is 35.9 Å². The number of aryl methyl sites for hydroxylation is 1. The van der Waals surface area contributed by atoms with Gasteiger partial charge in [0.05, 0.1) is 16.6 Å². The number of nitrogens with zero attached hydrogens (tertiary/aromatic N) is 1. The van der Waals surface area contributed by atoms with Crippen molar-refractivity contribution >= 4 is 39.3 Å². The summed E-state index contributed by atoms with van der Waals surface area (Å²) in [5.41, 5.74) is 3.75. The Kier molecular flexibility index (Phi) is 3.20. The zero-order chi connectivity index (χ0) is 16.7. The highest BCUT2D eigenvalue weighted by Crippen LogP contribution is 2.32. The smallest absolute Gasteiger partial charge is 0.337 e. The van der Waals surface area contributed by atoms with Crippen LogP contribution in [0.3, 0.4) is 0 Å². The van der Waals surface area contributed by atoms with Crippen molar-refractivity contribution in [2.45, 2.75) is 6.92 Å². The molecule has 4 rings (SSSR count). The molecule has 2 heterocycles. The summed E-state index contributed by atoms with van der Waals surface area (Å²) in [6.45, 7) is 2.03. The van der Waals surface area contributed by atoms with Crippen LogP contribution in [0.2, 0.25) is 0 Å². The van der Waals surface area contributed by atoms with Gasteiger partial charge in [0.2, 0.25) is 0 Å². The fourth-order valence-corrected chi connectivity index (χ4v) is 2.88. The third kappa shape index (κ3) is 2.27. The monoisotopic (exact) mass is 317 g/mol. The number of hydrogen-bond donors (Lipinski definition) is 3. The molecule has 5 heteroatoms. The van der Waals surface area contributed by atoms with Crippen LogP contribution in [0.25, 0.3) is 21.8 Å². The van der Waals surface area contributed by atoms with E-state index in [2.05, 4.69) is 15.3 Å². The number of carboxylic acid groups (broad SMARTS) is 1. The Morgan fingerprint density at radius 2 is 1.88 bits per heavy atom. The molecule has 0 aliphatic heterocycles. The number of rotatable bonds is 3. The van der Waals surface area contributed by atoms with E-state index in [-0.39, 0.29) is 5.56 Å². The summed E-state index contributed by atoms with van der Waals surface area (Å²) < 4.78 is 0. The fraction of sp³-hybridized carbons (Fsp3) is 0.0526. The highest BCUT2D eigenvalue weighted by molar-refractivity contribution is 6.17. The molecule has 0 unspecified atom stereocenters. The molecule has 0 aliphatic rings. The maximum absolute atomic E-state index is 11.6. The standard InChI is InChI=1S/C19H15N3O2/c1-11-6-8-12(9-7-11)21-18-17-16(14(10-20-17)19(23)24)13-4-2-3-5-15(13)22-18/h2-10,20H,1H3,(H,21,22)(H,23,24). The van der Waals surface area contributed by atoms with Gasteiger partial charge in [0.15, 0.2) is 5.82 Å². The Balaban J connectivity index is 1.97. The lowest BCUT2D eigenvalue weighted by molar-refractivity contribution is 0.0699. The molecule has 0 saturated heterocycles. The average molecular weight is 317 g/mol. The van der Waals surface area contributed by atoms with Crippen molar-refractivity contribution in [3.63, 3.8) is 0 Å². The summed E-state index contributed by atoms with van der Waals surface area (Å²) in [7, 11) is 0. The Hall–Kier alpha value is -3.34. The topological polar surface area (TPSA) is 78.0 Å². The van der Waals surface area contributed by atoms with Crippen LogP contribution in [-0.4, -0.2) is 21.0 Å². The van der Waals surface area contributed by atoms with Crippen molar-refractivity contribution in [3.8, 4) is 0 Å². The molecule has 0 fully saturated rings. The second-order valence-corrected chi connectivity index (χ2v) is 5.73. The lowest BCUT2D eigenvalue weighted by Crippen LogP contribution is -1.98. The molecule has 0 bridgehead atoms. The van der Waals surface area contributed by atoms with Gasteiger partial charge < -0.3 is 15.4 Å². The molecule has 2 aromatic heterocycles. The number of aromatic amines is 1. The van der Waals surface area contributed by atoms with Crippen molar-refractivity contribution in [3.05, 3.63) is 65.9 Å². The van der Waals surface area contributed by atoms with E-state index in [1.54, 1.807) is 0 Å². The molecule has 0 aliphatic carbocycles. The molecule has 0 saturated carbocycles. The molecule has 0 radical (unpaired) electrons. The number of aromatic carboxylic acids is 1. The first-order valence-corrected chi connectivity index (χ1v) is 7.60. The maximum atomic E-state index is 11.6. The Morgan fingerprint density at radius 1 is 1.12 bits per heavy atom. The molecular formula is C19H15N3O2. The molecule has 2 aromatic carbocycles. The number of benzene rings is 2. The number of hydrogen-bond acceptors (Lipinski definition) is 3. The predicted octanol–water partition coefficient (Wildman–Crippen LogP) is 4.47. The molecule has 0 amide bonds. The van der Waals surface area contributed by atoms with Gasteiger partial charge in [0, 0.05) is 22.7 Å². The van der Waals surface area contributed by atoms with Gasteiger partial charge in [-0.2, -0.15) is 0 Å². The number of nitrogens with one attached hydrogen (secondary N) is 2. The summed E-state index contributed by atoms with van der Waals surface area (Å²) in [4.78, 5) is 19.3. The van der Waals surface area contributed by atoms with Gasteiger partial charge in [0.1, 0.15) is 0 Å². The van der Waals surface area contributed by atoms with Crippen LogP contribution in [0.1, 0.15) is 15.9 Å². The van der Waals surface area contributed by atoms with Crippen molar-refractivity contribution in [2.24, 2.45) is 0 Å². The molecule has 118 valence electrons. The molecule has 4 aromatic rings. The van der Waals surface area contributed by atoms with Crippen molar-refractivity contribution < 1.29 is 9.90 Å². The molecule has 0 atom stereocenters. The van der Waals surface area contributed by atoms with Crippen LogP contribution in [0.4, 0.5) is 11.5 Å². The number of carbonyl (C=O) groups is 1. The average Bonchev–Trinajstić information content (AvgIpc) is 3.03. The second-order valence-electron chi connectivity index (χ2n) is 5.73. The SMILES string of the molecule is Cc1ccc(Nc2nc3ccccc3c3c(C(=O)O)c[nH]c23)cc1.